The van der Waals surface area contributed by atoms with Crippen LogP contribution in [0.25, 0.3) is 11.3 Å². The fraction of sp³-hybridized carbons (Fsp3) is 0.158. The molecule has 0 unspecified atom stereocenters. The molecule has 0 spiro atoms. The van der Waals surface area contributed by atoms with Crippen molar-refractivity contribution in [2.45, 2.75) is 13.5 Å². The smallest absolute Gasteiger partial charge is 0.259 e. The van der Waals surface area contributed by atoms with E-state index in [2.05, 4.69) is 5.16 Å². The Morgan fingerprint density at radius 1 is 1.20 bits per heavy atom. The Balaban J connectivity index is 1.94. The predicted octanol–water partition coefficient (Wildman–Crippen LogP) is 4.71. The van der Waals surface area contributed by atoms with Gasteiger partial charge in [-0.25, -0.2) is 4.39 Å². The van der Waals surface area contributed by atoms with Crippen LogP contribution in [0, 0.1) is 12.7 Å². The second-order valence-electron chi connectivity index (χ2n) is 5.69. The minimum absolute atomic E-state index is 0.137. The van der Waals surface area contributed by atoms with E-state index in [1.54, 1.807) is 50.4 Å². The van der Waals surface area contributed by atoms with Gasteiger partial charge in [0.2, 0.25) is 0 Å². The van der Waals surface area contributed by atoms with E-state index in [0.29, 0.717) is 33.2 Å². The fourth-order valence-corrected chi connectivity index (χ4v) is 2.83. The molecule has 25 heavy (non-hydrogen) atoms. The van der Waals surface area contributed by atoms with Crippen LogP contribution in [0.2, 0.25) is 5.02 Å². The first-order chi connectivity index (χ1) is 12.0. The lowest BCUT2D eigenvalue weighted by atomic mass is 10.0. The Labute approximate surface area is 149 Å². The fourth-order valence-electron chi connectivity index (χ4n) is 2.61. The molecule has 0 aliphatic heterocycles. The van der Waals surface area contributed by atoms with Gasteiger partial charge in [0.05, 0.1) is 5.02 Å². The number of carbonyl (C=O) groups excluding carboxylic acids is 1. The summed E-state index contributed by atoms with van der Waals surface area (Å²) >= 11 is 6.22. The van der Waals surface area contributed by atoms with E-state index in [9.17, 15) is 9.18 Å². The van der Waals surface area contributed by atoms with Gasteiger partial charge in [-0.2, -0.15) is 0 Å². The van der Waals surface area contributed by atoms with Crippen LogP contribution in [0.3, 0.4) is 0 Å². The van der Waals surface area contributed by atoms with Crippen LogP contribution in [0.5, 0.6) is 0 Å². The standard InChI is InChI=1S/C19H16ClFN2O2/c1-12-17(18(22-25-12)14-8-4-5-9-15(14)20)19(24)23(2)11-13-7-3-6-10-16(13)21/h3-10H,11H2,1-2H3. The van der Waals surface area contributed by atoms with Crippen LogP contribution in [0.1, 0.15) is 21.7 Å². The van der Waals surface area contributed by atoms with Crippen LogP contribution < -0.4 is 0 Å². The van der Waals surface area contributed by atoms with E-state index in [1.165, 1.54) is 11.0 Å². The van der Waals surface area contributed by atoms with Gasteiger partial charge in [-0.05, 0) is 19.1 Å². The summed E-state index contributed by atoms with van der Waals surface area (Å²) in [6.45, 7) is 1.80. The lowest BCUT2D eigenvalue weighted by Gasteiger charge is -2.18. The van der Waals surface area contributed by atoms with E-state index < -0.39 is 0 Å². The normalized spacial score (nSPS) is 10.7. The highest BCUT2D eigenvalue weighted by atomic mass is 35.5. The van der Waals surface area contributed by atoms with Gasteiger partial charge in [0, 0.05) is 24.7 Å². The van der Waals surface area contributed by atoms with Gasteiger partial charge in [0.15, 0.2) is 0 Å². The van der Waals surface area contributed by atoms with E-state index in [1.807, 2.05) is 6.07 Å². The van der Waals surface area contributed by atoms with Gasteiger partial charge >= 0.3 is 0 Å². The monoisotopic (exact) mass is 358 g/mol. The molecule has 1 aromatic heterocycles. The number of aryl methyl sites for hydroxylation is 1. The summed E-state index contributed by atoms with van der Waals surface area (Å²) < 4.78 is 19.1. The second-order valence-corrected chi connectivity index (χ2v) is 6.10. The maximum Gasteiger partial charge on any atom is 0.259 e. The highest BCUT2D eigenvalue weighted by Gasteiger charge is 2.25. The molecule has 0 bridgehead atoms. The van der Waals surface area contributed by atoms with E-state index in [4.69, 9.17) is 16.1 Å². The summed E-state index contributed by atoms with van der Waals surface area (Å²) in [5.74, 6) is -0.271. The molecule has 0 saturated carbocycles. The number of benzene rings is 2. The third-order valence-electron chi connectivity index (χ3n) is 3.92. The van der Waals surface area contributed by atoms with Crippen molar-refractivity contribution in [1.29, 1.82) is 0 Å². The number of hydrogen-bond donors (Lipinski definition) is 0. The minimum atomic E-state index is -0.351. The first-order valence-corrected chi connectivity index (χ1v) is 8.07. The van der Waals surface area contributed by atoms with Crippen molar-refractivity contribution in [3.63, 3.8) is 0 Å². The molecule has 128 valence electrons. The SMILES string of the molecule is Cc1onc(-c2ccccc2Cl)c1C(=O)N(C)Cc1ccccc1F. The van der Waals surface area contributed by atoms with Crippen molar-refractivity contribution in [3.8, 4) is 11.3 Å². The zero-order valence-corrected chi connectivity index (χ0v) is 14.5. The average molecular weight is 359 g/mol. The third-order valence-corrected chi connectivity index (χ3v) is 4.25. The maximum atomic E-state index is 13.8. The number of hydrogen-bond acceptors (Lipinski definition) is 3. The molecule has 0 aliphatic carbocycles. The molecule has 0 radical (unpaired) electrons. The van der Waals surface area contributed by atoms with Crippen molar-refractivity contribution >= 4 is 17.5 Å². The summed E-state index contributed by atoms with van der Waals surface area (Å²) in [5, 5.41) is 4.47. The van der Waals surface area contributed by atoms with Crippen molar-refractivity contribution in [3.05, 3.63) is 76.3 Å². The molecule has 4 nitrogen and oxygen atoms in total. The van der Waals surface area contributed by atoms with Gasteiger partial charge in [-0.3, -0.25) is 4.79 Å². The zero-order chi connectivity index (χ0) is 18.0. The molecule has 0 atom stereocenters. The summed E-state index contributed by atoms with van der Waals surface area (Å²) in [6.07, 6.45) is 0. The maximum absolute atomic E-state index is 13.8. The highest BCUT2D eigenvalue weighted by Crippen LogP contribution is 2.31. The van der Waals surface area contributed by atoms with Crippen LogP contribution in [-0.4, -0.2) is 23.0 Å². The van der Waals surface area contributed by atoms with E-state index >= 15 is 0 Å². The molecular weight excluding hydrogens is 343 g/mol. The van der Waals surface area contributed by atoms with Gasteiger partial charge in [-0.15, -0.1) is 0 Å². The van der Waals surface area contributed by atoms with E-state index in [-0.39, 0.29) is 18.3 Å². The van der Waals surface area contributed by atoms with Crippen LogP contribution in [0.4, 0.5) is 4.39 Å². The molecular formula is C19H16ClFN2O2. The molecule has 0 saturated heterocycles. The van der Waals surface area contributed by atoms with Gasteiger partial charge in [0.25, 0.3) is 5.91 Å². The summed E-state index contributed by atoms with van der Waals surface area (Å²) in [5.41, 5.74) is 1.76. The third kappa shape index (κ3) is 3.42. The van der Waals surface area contributed by atoms with Gasteiger partial charge in [-0.1, -0.05) is 53.2 Å². The van der Waals surface area contributed by atoms with Crippen LogP contribution in [0.15, 0.2) is 53.1 Å². The number of aromatic nitrogens is 1. The van der Waals surface area contributed by atoms with E-state index in [0.717, 1.165) is 0 Å². The first-order valence-electron chi connectivity index (χ1n) is 7.69. The molecule has 3 rings (SSSR count). The molecule has 1 amide bonds. The Hall–Kier alpha value is -2.66. The highest BCUT2D eigenvalue weighted by molar-refractivity contribution is 6.33. The number of halogens is 2. The second kappa shape index (κ2) is 7.07. The summed E-state index contributed by atoms with van der Waals surface area (Å²) in [4.78, 5) is 14.3. The summed E-state index contributed by atoms with van der Waals surface area (Å²) in [7, 11) is 1.61. The number of amides is 1. The minimum Gasteiger partial charge on any atom is -0.360 e. The van der Waals surface area contributed by atoms with Crippen molar-refractivity contribution in [2.75, 3.05) is 7.05 Å². The number of carbonyl (C=O) groups is 1. The largest absolute Gasteiger partial charge is 0.360 e. The predicted molar refractivity (Wildman–Crippen MR) is 93.9 cm³/mol. The molecule has 1 heterocycles. The van der Waals surface area contributed by atoms with Crippen LogP contribution in [-0.2, 0) is 6.54 Å². The Bertz CT molecular complexity index is 923. The lowest BCUT2D eigenvalue weighted by molar-refractivity contribution is 0.0782. The number of nitrogens with zero attached hydrogens (tertiary/aromatic N) is 2. The van der Waals surface area contributed by atoms with Crippen LogP contribution >= 0.6 is 11.6 Å². The van der Waals surface area contributed by atoms with Crippen molar-refractivity contribution in [2.24, 2.45) is 0 Å². The quantitative estimate of drug-likeness (QED) is 0.678. The zero-order valence-electron chi connectivity index (χ0n) is 13.8. The summed E-state index contributed by atoms with van der Waals surface area (Å²) in [6, 6.07) is 13.5. The molecule has 3 aromatic rings. The number of rotatable bonds is 4. The topological polar surface area (TPSA) is 46.3 Å². The Morgan fingerprint density at radius 2 is 1.88 bits per heavy atom. The Morgan fingerprint density at radius 3 is 2.60 bits per heavy atom. The van der Waals surface area contributed by atoms with Gasteiger partial charge < -0.3 is 9.42 Å². The van der Waals surface area contributed by atoms with Gasteiger partial charge in [0.1, 0.15) is 22.8 Å². The molecule has 0 N–H and O–H groups in total. The molecule has 0 aliphatic rings. The molecule has 6 heteroatoms. The average Bonchev–Trinajstić information content (AvgIpc) is 2.98. The van der Waals surface area contributed by atoms with Crippen molar-refractivity contribution < 1.29 is 13.7 Å². The lowest BCUT2D eigenvalue weighted by Crippen LogP contribution is -2.27. The molecule has 2 aromatic carbocycles. The Kier molecular flexibility index (Phi) is 4.86. The van der Waals surface area contributed by atoms with Crippen molar-refractivity contribution in [1.82, 2.24) is 10.1 Å². The first kappa shape index (κ1) is 17.2. The molecule has 0 fully saturated rings.